The molecule has 6 nitrogen and oxygen atoms in total. The van der Waals surface area contributed by atoms with Gasteiger partial charge in [0.05, 0.1) is 5.69 Å². The van der Waals surface area contributed by atoms with E-state index in [4.69, 9.17) is 9.84 Å². The highest BCUT2D eigenvalue weighted by atomic mass is 16.5. The number of amides is 2. The molecule has 2 unspecified atom stereocenters. The molecule has 1 aliphatic rings. The van der Waals surface area contributed by atoms with Crippen molar-refractivity contribution in [2.45, 2.75) is 32.6 Å². The molecule has 1 aromatic carbocycles. The maximum absolute atomic E-state index is 11.5. The Morgan fingerprint density at radius 3 is 3.00 bits per heavy atom. The van der Waals surface area contributed by atoms with Crippen molar-refractivity contribution in [3.8, 4) is 5.75 Å². The number of nitrogens with one attached hydrogen (secondary N) is 2. The molecule has 0 aromatic heterocycles. The predicted molar refractivity (Wildman–Crippen MR) is 68.7 cm³/mol. The Balaban J connectivity index is 2.07. The van der Waals surface area contributed by atoms with E-state index in [9.17, 15) is 9.59 Å². The molecule has 1 heterocycles. The maximum Gasteiger partial charge on any atom is 0.265 e. The van der Waals surface area contributed by atoms with Gasteiger partial charge in [-0.05, 0) is 31.5 Å². The highest BCUT2D eigenvalue weighted by Crippen LogP contribution is 2.30. The zero-order chi connectivity index (χ0) is 14.0. The predicted octanol–water partition coefficient (Wildman–Crippen LogP) is 0.403. The molecule has 1 aromatic rings. The molecule has 6 heteroatoms. The van der Waals surface area contributed by atoms with Gasteiger partial charge in [0.25, 0.3) is 5.91 Å². The molecule has 0 spiro atoms. The van der Waals surface area contributed by atoms with Crippen LogP contribution in [0, 0.1) is 0 Å². The zero-order valence-electron chi connectivity index (χ0n) is 10.8. The fourth-order valence-corrected chi connectivity index (χ4v) is 1.70. The van der Waals surface area contributed by atoms with Gasteiger partial charge in [0.15, 0.2) is 6.10 Å². The molecular weight excluding hydrogens is 248 g/mol. The van der Waals surface area contributed by atoms with Crippen LogP contribution in [0.4, 0.5) is 5.69 Å². The van der Waals surface area contributed by atoms with Crippen LogP contribution in [-0.2, 0) is 16.1 Å². The fourth-order valence-electron chi connectivity index (χ4n) is 1.70. The minimum Gasteiger partial charge on any atom is -0.479 e. The molecule has 0 bridgehead atoms. The van der Waals surface area contributed by atoms with Crippen LogP contribution in [0.1, 0.15) is 19.4 Å². The van der Waals surface area contributed by atoms with Crippen LogP contribution in [0.15, 0.2) is 18.2 Å². The SMILES string of the molecule is CC(O)C(=O)NCc1ccc2c(c1)NC(=O)C(C)O2. The number of carbonyl (C=O) groups is 2. The van der Waals surface area contributed by atoms with Crippen LogP contribution in [-0.4, -0.2) is 29.1 Å². The van der Waals surface area contributed by atoms with Gasteiger partial charge in [-0.1, -0.05) is 6.07 Å². The first-order chi connectivity index (χ1) is 8.97. The molecule has 0 aliphatic carbocycles. The number of rotatable bonds is 3. The molecule has 2 rings (SSSR count). The van der Waals surface area contributed by atoms with Gasteiger partial charge in [-0.2, -0.15) is 0 Å². The summed E-state index contributed by atoms with van der Waals surface area (Å²) < 4.78 is 5.42. The largest absolute Gasteiger partial charge is 0.479 e. The topological polar surface area (TPSA) is 87.7 Å². The van der Waals surface area contributed by atoms with Gasteiger partial charge in [0, 0.05) is 6.54 Å². The summed E-state index contributed by atoms with van der Waals surface area (Å²) in [5.74, 6) is -0.0259. The van der Waals surface area contributed by atoms with E-state index in [1.807, 2.05) is 0 Å². The summed E-state index contributed by atoms with van der Waals surface area (Å²) >= 11 is 0. The van der Waals surface area contributed by atoms with Gasteiger partial charge in [-0.15, -0.1) is 0 Å². The van der Waals surface area contributed by atoms with Crippen molar-refractivity contribution in [2.75, 3.05) is 5.32 Å². The lowest BCUT2D eigenvalue weighted by molar-refractivity contribution is -0.128. The third kappa shape index (κ3) is 3.03. The van der Waals surface area contributed by atoms with Gasteiger partial charge < -0.3 is 20.5 Å². The maximum atomic E-state index is 11.5. The molecule has 102 valence electrons. The van der Waals surface area contributed by atoms with E-state index >= 15 is 0 Å². The minimum absolute atomic E-state index is 0.197. The van der Waals surface area contributed by atoms with Gasteiger partial charge >= 0.3 is 0 Å². The first-order valence-electron chi connectivity index (χ1n) is 6.03. The molecular formula is C13H16N2O4. The quantitative estimate of drug-likeness (QED) is 0.737. The second kappa shape index (κ2) is 5.27. The first-order valence-corrected chi connectivity index (χ1v) is 6.03. The summed E-state index contributed by atoms with van der Waals surface area (Å²) in [5.41, 5.74) is 1.40. The van der Waals surface area contributed by atoms with Crippen LogP contribution in [0.3, 0.4) is 0 Å². The van der Waals surface area contributed by atoms with Crippen LogP contribution >= 0.6 is 0 Å². The van der Waals surface area contributed by atoms with Crippen LogP contribution in [0.5, 0.6) is 5.75 Å². The highest BCUT2D eigenvalue weighted by molar-refractivity contribution is 5.97. The Bertz CT molecular complexity index is 513. The summed E-state index contributed by atoms with van der Waals surface area (Å²) in [6, 6.07) is 5.28. The highest BCUT2D eigenvalue weighted by Gasteiger charge is 2.23. The molecule has 0 saturated carbocycles. The van der Waals surface area contributed by atoms with Crippen molar-refractivity contribution in [2.24, 2.45) is 0 Å². The van der Waals surface area contributed by atoms with E-state index in [0.29, 0.717) is 11.4 Å². The van der Waals surface area contributed by atoms with Crippen molar-refractivity contribution in [1.82, 2.24) is 5.32 Å². The van der Waals surface area contributed by atoms with Gasteiger partial charge in [-0.3, -0.25) is 9.59 Å². The number of ether oxygens (including phenoxy) is 1. The number of hydrogen-bond acceptors (Lipinski definition) is 4. The lowest BCUT2D eigenvalue weighted by atomic mass is 10.1. The first kappa shape index (κ1) is 13.4. The van der Waals surface area contributed by atoms with Gasteiger partial charge in [-0.25, -0.2) is 0 Å². The fraction of sp³-hybridized carbons (Fsp3) is 0.385. The van der Waals surface area contributed by atoms with Crippen molar-refractivity contribution < 1.29 is 19.4 Å². The Morgan fingerprint density at radius 1 is 1.58 bits per heavy atom. The van der Waals surface area contributed by atoms with Crippen molar-refractivity contribution in [1.29, 1.82) is 0 Å². The zero-order valence-corrected chi connectivity index (χ0v) is 10.8. The monoisotopic (exact) mass is 264 g/mol. The second-order valence-electron chi connectivity index (χ2n) is 4.47. The summed E-state index contributed by atoms with van der Waals surface area (Å²) in [6.07, 6.45) is -1.55. The average Bonchev–Trinajstić information content (AvgIpc) is 2.37. The summed E-state index contributed by atoms with van der Waals surface area (Å²) in [6.45, 7) is 3.36. The van der Waals surface area contributed by atoms with Gasteiger partial charge in [0.2, 0.25) is 5.91 Å². The number of anilines is 1. The van der Waals surface area contributed by atoms with Crippen molar-refractivity contribution in [3.63, 3.8) is 0 Å². The summed E-state index contributed by atoms with van der Waals surface area (Å²) in [5, 5.41) is 14.4. The summed E-state index contributed by atoms with van der Waals surface area (Å²) in [4.78, 5) is 22.7. The Labute approximate surface area is 110 Å². The minimum atomic E-state index is -1.04. The molecule has 19 heavy (non-hydrogen) atoms. The summed E-state index contributed by atoms with van der Waals surface area (Å²) in [7, 11) is 0. The lowest BCUT2D eigenvalue weighted by Gasteiger charge is -2.23. The molecule has 0 radical (unpaired) electrons. The molecule has 2 atom stereocenters. The Kier molecular flexibility index (Phi) is 3.71. The van der Waals surface area contributed by atoms with Crippen molar-refractivity contribution >= 4 is 17.5 Å². The molecule has 3 N–H and O–H groups in total. The van der Waals surface area contributed by atoms with E-state index in [-0.39, 0.29) is 12.5 Å². The standard InChI is InChI=1S/C13H16N2O4/c1-7(16)12(17)14-6-9-3-4-11-10(5-9)15-13(18)8(2)19-11/h3-5,7-8,16H,6H2,1-2H3,(H,14,17)(H,15,18). The lowest BCUT2D eigenvalue weighted by Crippen LogP contribution is -2.34. The van der Waals surface area contributed by atoms with Gasteiger partial charge in [0.1, 0.15) is 11.9 Å². The number of benzene rings is 1. The smallest absolute Gasteiger partial charge is 0.265 e. The number of aliphatic hydroxyl groups is 1. The molecule has 0 fully saturated rings. The van der Waals surface area contributed by atoms with E-state index in [1.54, 1.807) is 25.1 Å². The molecule has 1 aliphatic heterocycles. The average molecular weight is 264 g/mol. The van der Waals surface area contributed by atoms with Crippen LogP contribution in [0.25, 0.3) is 0 Å². The van der Waals surface area contributed by atoms with E-state index in [0.717, 1.165) is 5.56 Å². The third-order valence-corrected chi connectivity index (χ3v) is 2.82. The van der Waals surface area contributed by atoms with E-state index < -0.39 is 18.1 Å². The van der Waals surface area contributed by atoms with Crippen LogP contribution < -0.4 is 15.4 Å². The normalized spacial score (nSPS) is 18.9. The Hall–Kier alpha value is -2.08. The van der Waals surface area contributed by atoms with E-state index in [1.165, 1.54) is 6.92 Å². The van der Waals surface area contributed by atoms with Crippen molar-refractivity contribution in [3.05, 3.63) is 23.8 Å². The molecule has 2 amide bonds. The van der Waals surface area contributed by atoms with Crippen LogP contribution in [0.2, 0.25) is 0 Å². The number of hydrogen-bond donors (Lipinski definition) is 3. The number of fused-ring (bicyclic) bond motifs is 1. The Morgan fingerprint density at radius 2 is 2.32 bits per heavy atom. The second-order valence-corrected chi connectivity index (χ2v) is 4.47. The third-order valence-electron chi connectivity index (χ3n) is 2.82. The number of aliphatic hydroxyl groups excluding tert-OH is 1. The van der Waals surface area contributed by atoms with E-state index in [2.05, 4.69) is 10.6 Å². The molecule has 0 saturated heterocycles. The number of carbonyl (C=O) groups excluding carboxylic acids is 2.